The van der Waals surface area contributed by atoms with E-state index in [4.69, 9.17) is 4.74 Å². The Morgan fingerprint density at radius 1 is 0.824 bits per heavy atom. The maximum absolute atomic E-state index is 4.96. The summed E-state index contributed by atoms with van der Waals surface area (Å²) in [6.07, 6.45) is 6.87. The van der Waals surface area contributed by atoms with Crippen molar-refractivity contribution in [2.75, 3.05) is 39.9 Å². The fourth-order valence-corrected chi connectivity index (χ4v) is 1.76. The second kappa shape index (κ2) is 13.9. The van der Waals surface area contributed by atoms with Gasteiger partial charge in [0.25, 0.3) is 0 Å². The van der Waals surface area contributed by atoms with Gasteiger partial charge in [-0.1, -0.05) is 39.5 Å². The first-order chi connectivity index (χ1) is 8.27. The van der Waals surface area contributed by atoms with Gasteiger partial charge in [0.1, 0.15) is 0 Å². The van der Waals surface area contributed by atoms with Gasteiger partial charge >= 0.3 is 0 Å². The van der Waals surface area contributed by atoms with Crippen LogP contribution >= 0.6 is 0 Å². The summed E-state index contributed by atoms with van der Waals surface area (Å²) in [6, 6.07) is 0. The molecule has 0 aromatic heterocycles. The van der Waals surface area contributed by atoms with E-state index < -0.39 is 0 Å². The molecule has 3 nitrogen and oxygen atoms in total. The average molecular weight is 244 g/mol. The van der Waals surface area contributed by atoms with Gasteiger partial charge in [0.15, 0.2) is 0 Å². The zero-order valence-electron chi connectivity index (χ0n) is 12.1. The third kappa shape index (κ3) is 15.9. The van der Waals surface area contributed by atoms with Crippen molar-refractivity contribution in [3.05, 3.63) is 0 Å². The van der Waals surface area contributed by atoms with E-state index in [1.54, 1.807) is 7.11 Å². The molecular formula is C14H32N2O. The predicted molar refractivity (Wildman–Crippen MR) is 75.5 cm³/mol. The van der Waals surface area contributed by atoms with Gasteiger partial charge in [-0.05, 0) is 18.9 Å². The molecule has 0 rings (SSSR count). The van der Waals surface area contributed by atoms with Gasteiger partial charge in [-0.15, -0.1) is 0 Å². The van der Waals surface area contributed by atoms with Crippen LogP contribution in [0, 0.1) is 5.92 Å². The number of rotatable bonds is 13. The molecule has 0 bridgehead atoms. The molecule has 0 saturated heterocycles. The highest BCUT2D eigenvalue weighted by atomic mass is 16.5. The minimum absolute atomic E-state index is 0.801. The molecule has 2 N–H and O–H groups in total. The average Bonchev–Trinajstić information content (AvgIpc) is 2.30. The lowest BCUT2D eigenvalue weighted by atomic mass is 10.0. The Balaban J connectivity index is 2.89. The van der Waals surface area contributed by atoms with Crippen LogP contribution in [0.4, 0.5) is 0 Å². The summed E-state index contributed by atoms with van der Waals surface area (Å²) in [7, 11) is 1.74. The summed E-state index contributed by atoms with van der Waals surface area (Å²) in [6.45, 7) is 9.62. The molecule has 0 amide bonds. The predicted octanol–water partition coefficient (Wildman–Crippen LogP) is 2.42. The molecule has 0 spiro atoms. The molecule has 0 aliphatic carbocycles. The highest BCUT2D eigenvalue weighted by Crippen LogP contribution is 2.08. The van der Waals surface area contributed by atoms with E-state index in [9.17, 15) is 0 Å². The van der Waals surface area contributed by atoms with E-state index in [-0.39, 0.29) is 0 Å². The molecule has 0 saturated carbocycles. The van der Waals surface area contributed by atoms with Crippen LogP contribution in [0.1, 0.15) is 46.0 Å². The Morgan fingerprint density at radius 2 is 1.47 bits per heavy atom. The summed E-state index contributed by atoms with van der Waals surface area (Å²) in [5.41, 5.74) is 0. The number of hydrogen-bond acceptors (Lipinski definition) is 3. The van der Waals surface area contributed by atoms with Gasteiger partial charge < -0.3 is 15.4 Å². The van der Waals surface area contributed by atoms with Crippen molar-refractivity contribution in [1.82, 2.24) is 10.6 Å². The molecule has 0 atom stereocenters. The van der Waals surface area contributed by atoms with Crippen molar-refractivity contribution in [2.45, 2.75) is 46.0 Å². The normalized spacial score (nSPS) is 11.3. The van der Waals surface area contributed by atoms with Gasteiger partial charge in [-0.2, -0.15) is 0 Å². The highest BCUT2D eigenvalue weighted by Gasteiger charge is 1.94. The summed E-state index contributed by atoms with van der Waals surface area (Å²) >= 11 is 0. The lowest BCUT2D eigenvalue weighted by Gasteiger charge is -2.07. The van der Waals surface area contributed by atoms with Crippen LogP contribution < -0.4 is 10.6 Å². The molecule has 104 valence electrons. The van der Waals surface area contributed by atoms with Crippen LogP contribution in [0.25, 0.3) is 0 Å². The van der Waals surface area contributed by atoms with Crippen LogP contribution in [0.3, 0.4) is 0 Å². The maximum Gasteiger partial charge on any atom is 0.0587 e. The molecular weight excluding hydrogens is 212 g/mol. The fraction of sp³-hybridized carbons (Fsp3) is 1.00. The first kappa shape index (κ1) is 16.9. The van der Waals surface area contributed by atoms with Crippen molar-refractivity contribution in [1.29, 1.82) is 0 Å². The lowest BCUT2D eigenvalue weighted by Crippen LogP contribution is -2.29. The largest absolute Gasteiger partial charge is 0.383 e. The van der Waals surface area contributed by atoms with Gasteiger partial charge in [0.2, 0.25) is 0 Å². The minimum atomic E-state index is 0.801. The molecule has 0 aromatic carbocycles. The molecule has 0 radical (unpaired) electrons. The third-order valence-corrected chi connectivity index (χ3v) is 2.85. The van der Waals surface area contributed by atoms with Gasteiger partial charge in [0.05, 0.1) is 6.61 Å². The zero-order valence-corrected chi connectivity index (χ0v) is 12.1. The molecule has 0 aliphatic rings. The summed E-state index contributed by atoms with van der Waals surface area (Å²) < 4.78 is 4.96. The molecule has 0 heterocycles. The number of methoxy groups -OCH3 is 1. The topological polar surface area (TPSA) is 33.3 Å². The van der Waals surface area contributed by atoms with Crippen molar-refractivity contribution >= 4 is 0 Å². The molecule has 17 heavy (non-hydrogen) atoms. The number of ether oxygens (including phenoxy) is 1. The first-order valence-corrected chi connectivity index (χ1v) is 7.17. The maximum atomic E-state index is 4.96. The van der Waals surface area contributed by atoms with Crippen LogP contribution in [-0.4, -0.2) is 39.9 Å². The van der Waals surface area contributed by atoms with Crippen molar-refractivity contribution < 1.29 is 4.74 Å². The highest BCUT2D eigenvalue weighted by molar-refractivity contribution is 4.53. The monoisotopic (exact) mass is 244 g/mol. The second-order valence-corrected chi connectivity index (χ2v) is 5.09. The van der Waals surface area contributed by atoms with Crippen molar-refractivity contribution in [3.8, 4) is 0 Å². The second-order valence-electron chi connectivity index (χ2n) is 5.09. The molecule has 0 fully saturated rings. The van der Waals surface area contributed by atoms with Crippen molar-refractivity contribution in [3.63, 3.8) is 0 Å². The molecule has 0 aliphatic heterocycles. The Kier molecular flexibility index (Phi) is 13.8. The molecule has 0 aromatic rings. The van der Waals surface area contributed by atoms with Crippen LogP contribution in [0.15, 0.2) is 0 Å². The van der Waals surface area contributed by atoms with E-state index in [0.29, 0.717) is 0 Å². The van der Waals surface area contributed by atoms with E-state index >= 15 is 0 Å². The van der Waals surface area contributed by atoms with Crippen LogP contribution in [0.2, 0.25) is 0 Å². The third-order valence-electron chi connectivity index (χ3n) is 2.85. The fourth-order valence-electron chi connectivity index (χ4n) is 1.76. The van der Waals surface area contributed by atoms with E-state index in [1.165, 1.54) is 32.1 Å². The molecule has 3 heteroatoms. The molecule has 0 unspecified atom stereocenters. The van der Waals surface area contributed by atoms with Crippen molar-refractivity contribution in [2.24, 2.45) is 5.92 Å². The SMILES string of the molecule is COCCNCCNCCCCCCC(C)C. The minimum Gasteiger partial charge on any atom is -0.383 e. The Morgan fingerprint density at radius 3 is 2.12 bits per heavy atom. The van der Waals surface area contributed by atoms with E-state index in [0.717, 1.165) is 38.7 Å². The Hall–Kier alpha value is -0.120. The summed E-state index contributed by atoms with van der Waals surface area (Å²) in [5.74, 6) is 0.867. The Bertz CT molecular complexity index is 140. The van der Waals surface area contributed by atoms with Crippen LogP contribution in [-0.2, 0) is 4.74 Å². The van der Waals surface area contributed by atoms with E-state index in [2.05, 4.69) is 24.5 Å². The number of hydrogen-bond donors (Lipinski definition) is 2. The Labute approximate surface area is 108 Å². The van der Waals surface area contributed by atoms with E-state index in [1.807, 2.05) is 0 Å². The quantitative estimate of drug-likeness (QED) is 0.488. The summed E-state index contributed by atoms with van der Waals surface area (Å²) in [4.78, 5) is 0. The lowest BCUT2D eigenvalue weighted by molar-refractivity contribution is 0.199. The smallest absolute Gasteiger partial charge is 0.0587 e. The standard InChI is InChI=1S/C14H32N2O/c1-14(2)8-6-4-5-7-9-15-10-11-16-12-13-17-3/h14-16H,4-13H2,1-3H3. The zero-order chi connectivity index (χ0) is 12.8. The van der Waals surface area contributed by atoms with Gasteiger partial charge in [-0.25, -0.2) is 0 Å². The van der Waals surface area contributed by atoms with Gasteiger partial charge in [0, 0.05) is 26.7 Å². The number of nitrogens with one attached hydrogen (secondary N) is 2. The van der Waals surface area contributed by atoms with Crippen LogP contribution in [0.5, 0.6) is 0 Å². The summed E-state index contributed by atoms with van der Waals surface area (Å²) in [5, 5.41) is 6.78. The number of unbranched alkanes of at least 4 members (excludes halogenated alkanes) is 3. The van der Waals surface area contributed by atoms with Gasteiger partial charge in [-0.3, -0.25) is 0 Å². The first-order valence-electron chi connectivity index (χ1n) is 7.17.